The topological polar surface area (TPSA) is 37.2 Å². The van der Waals surface area contributed by atoms with E-state index >= 15 is 0 Å². The Morgan fingerprint density at radius 2 is 2.00 bits per heavy atom. The van der Waals surface area contributed by atoms with Gasteiger partial charge in [0, 0.05) is 43.0 Å². The number of rotatable bonds is 6. The molecule has 0 radical (unpaired) electrons. The van der Waals surface area contributed by atoms with Gasteiger partial charge in [-0.2, -0.15) is 0 Å². The van der Waals surface area contributed by atoms with Crippen LogP contribution in [0, 0.1) is 19.3 Å². The maximum atomic E-state index is 9.19. The molecule has 3 heteroatoms. The molecule has 1 rings (SSSR count). The minimum Gasteiger partial charge on any atom is -0.396 e. The molecule has 0 atom stereocenters. The van der Waals surface area contributed by atoms with E-state index in [2.05, 4.69) is 50.6 Å². The maximum absolute atomic E-state index is 9.19. The van der Waals surface area contributed by atoms with Gasteiger partial charge in [0.15, 0.2) is 0 Å². The van der Waals surface area contributed by atoms with Crippen LogP contribution in [0.15, 0.2) is 6.07 Å². The van der Waals surface area contributed by atoms with Gasteiger partial charge in [-0.25, -0.2) is 0 Å². The first kappa shape index (κ1) is 14.3. The van der Waals surface area contributed by atoms with E-state index in [4.69, 9.17) is 0 Å². The van der Waals surface area contributed by atoms with Crippen LogP contribution < -0.4 is 5.32 Å². The number of hydrogen-bond acceptors (Lipinski definition) is 2. The number of aromatic nitrogens is 1. The van der Waals surface area contributed by atoms with Crippen molar-refractivity contribution in [2.75, 3.05) is 13.2 Å². The molecule has 1 aromatic rings. The number of hydrogen-bond donors (Lipinski definition) is 2. The van der Waals surface area contributed by atoms with Crippen LogP contribution in [0.1, 0.15) is 37.7 Å². The average molecular weight is 238 g/mol. The Hall–Kier alpha value is -0.800. The number of nitrogens with zero attached hydrogens (tertiary/aromatic N) is 1. The van der Waals surface area contributed by atoms with E-state index in [0.29, 0.717) is 0 Å². The van der Waals surface area contributed by atoms with Crippen molar-refractivity contribution < 1.29 is 5.11 Å². The summed E-state index contributed by atoms with van der Waals surface area (Å²) in [6.45, 7) is 13.6. The molecule has 0 bridgehead atoms. The molecule has 17 heavy (non-hydrogen) atoms. The van der Waals surface area contributed by atoms with Gasteiger partial charge in [0.2, 0.25) is 0 Å². The maximum Gasteiger partial charge on any atom is 0.0494 e. The fourth-order valence-electron chi connectivity index (χ4n) is 2.13. The first-order valence-electron chi connectivity index (χ1n) is 6.38. The van der Waals surface area contributed by atoms with Crippen LogP contribution in [0.25, 0.3) is 0 Å². The first-order valence-corrected chi connectivity index (χ1v) is 6.38. The SMILES string of the molecule is CCn1c(C)cc(CNCC(C)(C)CO)c1C. The van der Waals surface area contributed by atoms with Crippen molar-refractivity contribution in [1.82, 2.24) is 9.88 Å². The van der Waals surface area contributed by atoms with Crippen LogP contribution in [-0.4, -0.2) is 22.8 Å². The Balaban J connectivity index is 2.59. The van der Waals surface area contributed by atoms with Crippen molar-refractivity contribution in [2.45, 2.75) is 47.7 Å². The van der Waals surface area contributed by atoms with E-state index in [0.717, 1.165) is 19.6 Å². The zero-order valence-electron chi connectivity index (χ0n) is 11.8. The first-order chi connectivity index (χ1) is 7.91. The number of aliphatic hydroxyl groups is 1. The van der Waals surface area contributed by atoms with E-state index in [9.17, 15) is 5.11 Å². The Kier molecular flexibility index (Phi) is 4.78. The summed E-state index contributed by atoms with van der Waals surface area (Å²) in [6.07, 6.45) is 0. The zero-order valence-corrected chi connectivity index (χ0v) is 11.8. The molecule has 0 fully saturated rings. The lowest BCUT2D eigenvalue weighted by atomic mass is 9.95. The predicted octanol–water partition coefficient (Wildman–Crippen LogP) is 2.23. The molecule has 0 aliphatic heterocycles. The summed E-state index contributed by atoms with van der Waals surface area (Å²) in [4.78, 5) is 0. The zero-order chi connectivity index (χ0) is 13.1. The van der Waals surface area contributed by atoms with Gasteiger partial charge in [-0.1, -0.05) is 13.8 Å². The molecule has 98 valence electrons. The molecule has 0 aliphatic carbocycles. The third-order valence-corrected chi connectivity index (χ3v) is 3.34. The van der Waals surface area contributed by atoms with Crippen molar-refractivity contribution >= 4 is 0 Å². The Labute approximate surface area is 105 Å². The van der Waals surface area contributed by atoms with Crippen molar-refractivity contribution in [3.05, 3.63) is 23.0 Å². The molecule has 0 spiro atoms. The molecule has 0 saturated heterocycles. The monoisotopic (exact) mass is 238 g/mol. The van der Waals surface area contributed by atoms with E-state index < -0.39 is 0 Å². The van der Waals surface area contributed by atoms with E-state index in [1.165, 1.54) is 17.0 Å². The van der Waals surface area contributed by atoms with Crippen molar-refractivity contribution in [3.8, 4) is 0 Å². The molecule has 2 N–H and O–H groups in total. The van der Waals surface area contributed by atoms with Gasteiger partial charge in [-0.05, 0) is 32.4 Å². The van der Waals surface area contributed by atoms with E-state index in [1.54, 1.807) is 0 Å². The molecule has 3 nitrogen and oxygen atoms in total. The third kappa shape index (κ3) is 3.58. The minimum absolute atomic E-state index is 0.0454. The largest absolute Gasteiger partial charge is 0.396 e. The summed E-state index contributed by atoms with van der Waals surface area (Å²) in [5, 5.41) is 12.6. The number of nitrogens with one attached hydrogen (secondary N) is 1. The van der Waals surface area contributed by atoms with Crippen LogP contribution in [0.4, 0.5) is 0 Å². The summed E-state index contributed by atoms with van der Waals surface area (Å²) < 4.78 is 2.33. The second kappa shape index (κ2) is 5.69. The molecule has 0 saturated carbocycles. The van der Waals surface area contributed by atoms with Gasteiger partial charge < -0.3 is 15.0 Å². The van der Waals surface area contributed by atoms with Gasteiger partial charge >= 0.3 is 0 Å². The van der Waals surface area contributed by atoms with Gasteiger partial charge in [0.1, 0.15) is 0 Å². The molecular weight excluding hydrogens is 212 g/mol. The fourth-order valence-corrected chi connectivity index (χ4v) is 2.13. The molecular formula is C14H26N2O. The summed E-state index contributed by atoms with van der Waals surface area (Å²) in [6, 6.07) is 2.25. The molecule has 0 aliphatic rings. The summed E-state index contributed by atoms with van der Waals surface area (Å²) >= 11 is 0. The highest BCUT2D eigenvalue weighted by Gasteiger charge is 2.16. The molecule has 1 aromatic heterocycles. The smallest absolute Gasteiger partial charge is 0.0494 e. The second-order valence-electron chi connectivity index (χ2n) is 5.57. The normalized spacial score (nSPS) is 12.1. The highest BCUT2D eigenvalue weighted by molar-refractivity contribution is 5.26. The Morgan fingerprint density at radius 3 is 2.47 bits per heavy atom. The van der Waals surface area contributed by atoms with Gasteiger partial charge in [-0.15, -0.1) is 0 Å². The molecule has 1 heterocycles. The van der Waals surface area contributed by atoms with Crippen LogP contribution in [-0.2, 0) is 13.1 Å². The third-order valence-electron chi connectivity index (χ3n) is 3.34. The van der Waals surface area contributed by atoms with Crippen molar-refractivity contribution in [1.29, 1.82) is 0 Å². The number of aryl methyl sites for hydroxylation is 1. The summed E-state index contributed by atoms with van der Waals surface area (Å²) in [7, 11) is 0. The molecule has 0 unspecified atom stereocenters. The van der Waals surface area contributed by atoms with Gasteiger partial charge in [0.25, 0.3) is 0 Å². The van der Waals surface area contributed by atoms with Crippen LogP contribution in [0.3, 0.4) is 0 Å². The highest BCUT2D eigenvalue weighted by atomic mass is 16.3. The lowest BCUT2D eigenvalue weighted by Crippen LogP contribution is -2.31. The van der Waals surface area contributed by atoms with Gasteiger partial charge in [0.05, 0.1) is 0 Å². The second-order valence-corrected chi connectivity index (χ2v) is 5.57. The highest BCUT2D eigenvalue weighted by Crippen LogP contribution is 2.16. The Morgan fingerprint density at radius 1 is 1.35 bits per heavy atom. The fraction of sp³-hybridized carbons (Fsp3) is 0.714. The molecule has 0 aromatic carbocycles. The predicted molar refractivity (Wildman–Crippen MR) is 72.2 cm³/mol. The van der Waals surface area contributed by atoms with Gasteiger partial charge in [-0.3, -0.25) is 0 Å². The van der Waals surface area contributed by atoms with Crippen molar-refractivity contribution in [2.24, 2.45) is 5.41 Å². The van der Waals surface area contributed by atoms with Crippen LogP contribution in [0.5, 0.6) is 0 Å². The Bertz CT molecular complexity index is 367. The minimum atomic E-state index is -0.0454. The van der Waals surface area contributed by atoms with Crippen LogP contribution >= 0.6 is 0 Å². The quantitative estimate of drug-likeness (QED) is 0.797. The van der Waals surface area contributed by atoms with E-state index in [1.807, 2.05) is 0 Å². The van der Waals surface area contributed by atoms with Crippen molar-refractivity contribution in [3.63, 3.8) is 0 Å². The number of aliphatic hydroxyl groups excluding tert-OH is 1. The van der Waals surface area contributed by atoms with E-state index in [-0.39, 0.29) is 12.0 Å². The standard InChI is InChI=1S/C14H26N2O/c1-6-16-11(2)7-13(12(16)3)8-15-9-14(4,5)10-17/h7,15,17H,6,8-10H2,1-5H3. The average Bonchev–Trinajstić information content (AvgIpc) is 2.54. The lowest BCUT2D eigenvalue weighted by Gasteiger charge is -2.21. The summed E-state index contributed by atoms with van der Waals surface area (Å²) in [5.41, 5.74) is 3.98. The van der Waals surface area contributed by atoms with Crippen LogP contribution in [0.2, 0.25) is 0 Å². The summed E-state index contributed by atoms with van der Waals surface area (Å²) in [5.74, 6) is 0. The lowest BCUT2D eigenvalue weighted by molar-refractivity contribution is 0.156. The molecule has 0 amide bonds.